The Morgan fingerprint density at radius 2 is 0.703 bits per heavy atom. The van der Waals surface area contributed by atoms with Crippen LogP contribution in [0.25, 0.3) is 66.1 Å². The molecule has 0 saturated heterocycles. The highest BCUT2D eigenvalue weighted by molar-refractivity contribution is 6.22. The Morgan fingerprint density at radius 1 is 0.250 bits per heavy atom. The lowest BCUT2D eigenvalue weighted by Crippen LogP contribution is -2.28. The fourth-order valence-corrected chi connectivity index (χ4v) is 10.6. The SMILES string of the molecule is c1ccc(-c2c(-c3ccccc3)c3cc(-c4ccc(N(c5ccccc5)c5ccc6c(c5)C(c5ccccc5)(c5ccccc5)c5ccccc5-6)cc4)ccc3c3ccccc23)cc1. The number of rotatable bonds is 8. The van der Waals surface area contributed by atoms with Crippen LogP contribution >= 0.6 is 0 Å². The first kappa shape index (κ1) is 37.5. The molecule has 1 aliphatic rings. The molecule has 0 radical (unpaired) electrons. The lowest BCUT2D eigenvalue weighted by molar-refractivity contribution is 0.768. The standard InChI is InChI=1S/C63H43N/c1-6-20-45(21-7-1)61-57-32-17-16-30-53(57)54-40-36-47(42-58(54)62(61)46-22-8-2-9-23-46)44-34-37-51(38-35-44)64(50-28-14-5-15-29-50)52-39-41-56-55-31-18-19-33-59(55)63(60(56)43-52,48-24-10-3-11-25-48)49-26-12-4-13-27-49/h1-43H. The van der Waals surface area contributed by atoms with Crippen LogP contribution < -0.4 is 4.90 Å². The van der Waals surface area contributed by atoms with E-state index in [-0.39, 0.29) is 0 Å². The number of fused-ring (bicyclic) bond motifs is 6. The molecule has 0 aromatic heterocycles. The van der Waals surface area contributed by atoms with Crippen LogP contribution in [0.3, 0.4) is 0 Å². The molecule has 0 spiro atoms. The number of hydrogen-bond acceptors (Lipinski definition) is 1. The molecule has 0 bridgehead atoms. The van der Waals surface area contributed by atoms with Gasteiger partial charge < -0.3 is 4.90 Å². The van der Waals surface area contributed by atoms with E-state index in [4.69, 9.17) is 0 Å². The molecule has 0 heterocycles. The van der Waals surface area contributed by atoms with Crippen LogP contribution in [0.2, 0.25) is 0 Å². The number of anilines is 3. The monoisotopic (exact) mass is 813 g/mol. The Balaban J connectivity index is 1.02. The third-order valence-electron chi connectivity index (χ3n) is 13.3. The summed E-state index contributed by atoms with van der Waals surface area (Å²) in [5.41, 5.74) is 17.8. The fourth-order valence-electron chi connectivity index (χ4n) is 10.6. The van der Waals surface area contributed by atoms with Gasteiger partial charge in [-0.3, -0.25) is 0 Å². The largest absolute Gasteiger partial charge is 0.310 e. The van der Waals surface area contributed by atoms with Crippen LogP contribution in [0.4, 0.5) is 17.1 Å². The van der Waals surface area contributed by atoms with Crippen molar-refractivity contribution in [3.8, 4) is 44.5 Å². The molecule has 0 N–H and O–H groups in total. The van der Waals surface area contributed by atoms with Crippen LogP contribution in [0, 0.1) is 0 Å². The van der Waals surface area contributed by atoms with Crippen molar-refractivity contribution in [2.24, 2.45) is 0 Å². The molecule has 0 aliphatic heterocycles. The Hall–Kier alpha value is -8.26. The van der Waals surface area contributed by atoms with Crippen molar-refractivity contribution in [2.45, 2.75) is 5.41 Å². The summed E-state index contributed by atoms with van der Waals surface area (Å²) in [4.78, 5) is 2.40. The fraction of sp³-hybridized carbons (Fsp3) is 0.0159. The van der Waals surface area contributed by atoms with E-state index in [2.05, 4.69) is 266 Å². The summed E-state index contributed by atoms with van der Waals surface area (Å²) < 4.78 is 0. The van der Waals surface area contributed by atoms with Gasteiger partial charge in [0.05, 0.1) is 5.41 Å². The molecule has 11 aromatic carbocycles. The third kappa shape index (κ3) is 6.01. The van der Waals surface area contributed by atoms with E-state index in [0.29, 0.717) is 0 Å². The summed E-state index contributed by atoms with van der Waals surface area (Å²) in [7, 11) is 0. The number of nitrogens with zero attached hydrogens (tertiary/aromatic N) is 1. The van der Waals surface area contributed by atoms with Gasteiger partial charge >= 0.3 is 0 Å². The molecule has 1 heteroatoms. The van der Waals surface area contributed by atoms with Gasteiger partial charge in [0.15, 0.2) is 0 Å². The number of para-hydroxylation sites is 1. The van der Waals surface area contributed by atoms with E-state index in [1.54, 1.807) is 0 Å². The van der Waals surface area contributed by atoms with Crippen molar-refractivity contribution >= 4 is 38.6 Å². The minimum absolute atomic E-state index is 0.489. The Bertz CT molecular complexity index is 3410. The number of hydrogen-bond donors (Lipinski definition) is 0. The second-order valence-corrected chi connectivity index (χ2v) is 16.8. The average molecular weight is 814 g/mol. The molecule has 64 heavy (non-hydrogen) atoms. The zero-order valence-corrected chi connectivity index (χ0v) is 35.3. The van der Waals surface area contributed by atoms with Crippen LogP contribution in [-0.2, 0) is 5.41 Å². The first-order valence-electron chi connectivity index (χ1n) is 22.2. The van der Waals surface area contributed by atoms with Gasteiger partial charge in [-0.2, -0.15) is 0 Å². The van der Waals surface area contributed by atoms with E-state index < -0.39 is 5.41 Å². The summed E-state index contributed by atoms with van der Waals surface area (Å²) in [5, 5.41) is 5.03. The third-order valence-corrected chi connectivity index (χ3v) is 13.3. The van der Waals surface area contributed by atoms with Crippen molar-refractivity contribution in [1.29, 1.82) is 0 Å². The van der Waals surface area contributed by atoms with Crippen molar-refractivity contribution in [1.82, 2.24) is 0 Å². The topological polar surface area (TPSA) is 3.24 Å². The van der Waals surface area contributed by atoms with Gasteiger partial charge in [-0.15, -0.1) is 0 Å². The van der Waals surface area contributed by atoms with Crippen LogP contribution in [-0.4, -0.2) is 0 Å². The van der Waals surface area contributed by atoms with Crippen LogP contribution in [0.5, 0.6) is 0 Å². The Morgan fingerprint density at radius 3 is 1.34 bits per heavy atom. The van der Waals surface area contributed by atoms with Gasteiger partial charge in [0, 0.05) is 17.1 Å². The van der Waals surface area contributed by atoms with E-state index in [1.807, 2.05) is 0 Å². The van der Waals surface area contributed by atoms with Gasteiger partial charge in [-0.05, 0) is 131 Å². The highest BCUT2D eigenvalue weighted by Gasteiger charge is 2.46. The molecular formula is C63H43N. The molecule has 0 unspecified atom stereocenters. The van der Waals surface area contributed by atoms with Crippen molar-refractivity contribution in [3.63, 3.8) is 0 Å². The van der Waals surface area contributed by atoms with Gasteiger partial charge in [0.25, 0.3) is 0 Å². The molecule has 1 nitrogen and oxygen atoms in total. The predicted molar refractivity (Wildman–Crippen MR) is 270 cm³/mol. The molecule has 0 saturated carbocycles. The summed E-state index contributed by atoms with van der Waals surface area (Å²) in [6, 6.07) is 95.7. The normalized spacial score (nSPS) is 12.5. The summed E-state index contributed by atoms with van der Waals surface area (Å²) in [5.74, 6) is 0. The zero-order chi connectivity index (χ0) is 42.5. The molecule has 0 fully saturated rings. The van der Waals surface area contributed by atoms with Gasteiger partial charge in [0.2, 0.25) is 0 Å². The quantitative estimate of drug-likeness (QED) is 0.138. The highest BCUT2D eigenvalue weighted by atomic mass is 15.1. The van der Waals surface area contributed by atoms with E-state index in [9.17, 15) is 0 Å². The predicted octanol–water partition coefficient (Wildman–Crippen LogP) is 16.8. The number of benzene rings is 11. The first-order valence-corrected chi connectivity index (χ1v) is 22.2. The van der Waals surface area contributed by atoms with E-state index in [0.717, 1.165) is 17.1 Å². The highest BCUT2D eigenvalue weighted by Crippen LogP contribution is 2.57. The van der Waals surface area contributed by atoms with Crippen molar-refractivity contribution in [2.75, 3.05) is 4.90 Å². The summed E-state index contributed by atoms with van der Waals surface area (Å²) in [6.45, 7) is 0. The van der Waals surface area contributed by atoms with E-state index in [1.165, 1.54) is 88.3 Å². The molecule has 12 rings (SSSR count). The van der Waals surface area contributed by atoms with Crippen LogP contribution in [0.1, 0.15) is 22.3 Å². The van der Waals surface area contributed by atoms with E-state index >= 15 is 0 Å². The molecule has 300 valence electrons. The first-order chi connectivity index (χ1) is 31.8. The van der Waals surface area contributed by atoms with Crippen molar-refractivity contribution in [3.05, 3.63) is 283 Å². The summed E-state index contributed by atoms with van der Waals surface area (Å²) >= 11 is 0. The lowest BCUT2D eigenvalue weighted by Gasteiger charge is -2.35. The summed E-state index contributed by atoms with van der Waals surface area (Å²) in [6.07, 6.45) is 0. The minimum Gasteiger partial charge on any atom is -0.310 e. The Labute approximate surface area is 374 Å². The maximum Gasteiger partial charge on any atom is 0.0714 e. The van der Waals surface area contributed by atoms with Crippen LogP contribution in [0.15, 0.2) is 261 Å². The molecule has 1 aliphatic carbocycles. The maximum atomic E-state index is 2.44. The molecule has 0 amide bonds. The zero-order valence-electron chi connectivity index (χ0n) is 35.3. The molecule has 11 aromatic rings. The Kier molecular flexibility index (Phi) is 9.13. The second kappa shape index (κ2) is 15.6. The molecular weight excluding hydrogens is 771 g/mol. The second-order valence-electron chi connectivity index (χ2n) is 16.8. The van der Waals surface area contributed by atoms with Gasteiger partial charge in [0.1, 0.15) is 0 Å². The van der Waals surface area contributed by atoms with Gasteiger partial charge in [-0.25, -0.2) is 0 Å². The molecule has 0 atom stereocenters. The lowest BCUT2D eigenvalue weighted by atomic mass is 9.67. The smallest absolute Gasteiger partial charge is 0.0714 e. The maximum absolute atomic E-state index is 2.44. The average Bonchev–Trinajstić information content (AvgIpc) is 3.68. The minimum atomic E-state index is -0.489. The van der Waals surface area contributed by atoms with Gasteiger partial charge in [-0.1, -0.05) is 218 Å². The van der Waals surface area contributed by atoms with Crippen molar-refractivity contribution < 1.29 is 0 Å².